The minimum atomic E-state index is 0.611. The zero-order valence-electron chi connectivity index (χ0n) is 9.27. The Balaban J connectivity index is 1.75. The fourth-order valence-electron chi connectivity index (χ4n) is 3.04. The van der Waals surface area contributed by atoms with Crippen LogP contribution in [0.25, 0.3) is 0 Å². The van der Waals surface area contributed by atoms with Crippen molar-refractivity contribution in [1.82, 2.24) is 9.97 Å². The van der Waals surface area contributed by atoms with Crippen molar-refractivity contribution in [1.29, 1.82) is 0 Å². The molecule has 3 rings (SSSR count). The van der Waals surface area contributed by atoms with Gasteiger partial charge in [-0.05, 0) is 24.7 Å². The molecule has 2 heterocycles. The summed E-state index contributed by atoms with van der Waals surface area (Å²) in [6.07, 6.45) is 8.94. The van der Waals surface area contributed by atoms with E-state index >= 15 is 0 Å². The lowest BCUT2D eigenvalue weighted by molar-refractivity contribution is 0.299. The average Bonchev–Trinajstić information content (AvgIpc) is 2.73. The summed E-state index contributed by atoms with van der Waals surface area (Å²) in [7, 11) is 0. The minimum absolute atomic E-state index is 0.611. The van der Waals surface area contributed by atoms with Gasteiger partial charge in [-0.25, -0.2) is 9.97 Å². The van der Waals surface area contributed by atoms with Crippen molar-refractivity contribution in [2.24, 2.45) is 11.8 Å². The van der Waals surface area contributed by atoms with Crippen LogP contribution >= 0.6 is 11.6 Å². The first kappa shape index (κ1) is 10.3. The summed E-state index contributed by atoms with van der Waals surface area (Å²) in [5, 5.41) is 0.611. The maximum Gasteiger partial charge on any atom is 0.225 e. The number of aromatic nitrogens is 2. The maximum atomic E-state index is 5.80. The summed E-state index contributed by atoms with van der Waals surface area (Å²) >= 11 is 5.80. The number of rotatable bonds is 1. The van der Waals surface area contributed by atoms with E-state index in [1.807, 2.05) is 0 Å². The topological polar surface area (TPSA) is 29.0 Å². The highest BCUT2D eigenvalue weighted by atomic mass is 35.5. The fourth-order valence-corrected chi connectivity index (χ4v) is 3.14. The molecule has 0 aromatic carbocycles. The number of hydrogen-bond donors (Lipinski definition) is 0. The molecule has 3 nitrogen and oxygen atoms in total. The quantitative estimate of drug-likeness (QED) is 0.752. The Labute approximate surface area is 101 Å². The second-order valence-corrected chi connectivity index (χ2v) is 5.35. The number of nitrogens with zero attached hydrogens (tertiary/aromatic N) is 3. The smallest absolute Gasteiger partial charge is 0.225 e. The van der Waals surface area contributed by atoms with Gasteiger partial charge in [-0.2, -0.15) is 0 Å². The Kier molecular flexibility index (Phi) is 2.72. The van der Waals surface area contributed by atoms with Gasteiger partial charge in [-0.15, -0.1) is 0 Å². The van der Waals surface area contributed by atoms with Crippen molar-refractivity contribution in [3.05, 3.63) is 17.4 Å². The highest BCUT2D eigenvalue weighted by molar-refractivity contribution is 6.30. The third-order valence-corrected chi connectivity index (χ3v) is 4.06. The zero-order valence-corrected chi connectivity index (χ0v) is 10.0. The Morgan fingerprint density at radius 1 is 1.06 bits per heavy atom. The van der Waals surface area contributed by atoms with Crippen LogP contribution in [0.15, 0.2) is 12.4 Å². The molecule has 0 radical (unpaired) electrons. The first-order chi connectivity index (χ1) is 7.83. The number of halogens is 1. The van der Waals surface area contributed by atoms with Crippen molar-refractivity contribution in [3.63, 3.8) is 0 Å². The lowest BCUT2D eigenvalue weighted by Gasteiger charge is -2.22. The largest absolute Gasteiger partial charge is 0.340 e. The van der Waals surface area contributed by atoms with Gasteiger partial charge in [0.15, 0.2) is 0 Å². The third kappa shape index (κ3) is 1.88. The van der Waals surface area contributed by atoms with Crippen molar-refractivity contribution < 1.29 is 0 Å². The van der Waals surface area contributed by atoms with Gasteiger partial charge in [-0.1, -0.05) is 24.4 Å². The highest BCUT2D eigenvalue weighted by Gasteiger charge is 2.35. The van der Waals surface area contributed by atoms with Crippen LogP contribution in [0.1, 0.15) is 25.7 Å². The lowest BCUT2D eigenvalue weighted by atomic mass is 9.82. The molecule has 1 aromatic rings. The molecule has 1 saturated carbocycles. The summed E-state index contributed by atoms with van der Waals surface area (Å²) in [6, 6.07) is 0. The van der Waals surface area contributed by atoms with Crippen molar-refractivity contribution in [3.8, 4) is 0 Å². The molecule has 4 heteroatoms. The van der Waals surface area contributed by atoms with E-state index in [4.69, 9.17) is 11.6 Å². The van der Waals surface area contributed by atoms with Crippen LogP contribution in [-0.2, 0) is 0 Å². The molecular formula is C12H16ClN3. The van der Waals surface area contributed by atoms with Crippen LogP contribution < -0.4 is 4.90 Å². The summed E-state index contributed by atoms with van der Waals surface area (Å²) in [6.45, 7) is 2.26. The zero-order chi connectivity index (χ0) is 11.0. The second-order valence-electron chi connectivity index (χ2n) is 4.91. The van der Waals surface area contributed by atoms with Crippen LogP contribution in [0, 0.1) is 11.8 Å². The summed E-state index contributed by atoms with van der Waals surface area (Å²) in [4.78, 5) is 10.9. The van der Waals surface area contributed by atoms with Gasteiger partial charge in [0, 0.05) is 13.1 Å². The molecule has 0 spiro atoms. The monoisotopic (exact) mass is 237 g/mol. The first-order valence-electron chi connectivity index (χ1n) is 6.05. The molecular weight excluding hydrogens is 222 g/mol. The van der Waals surface area contributed by atoms with E-state index in [0.29, 0.717) is 5.02 Å². The lowest BCUT2D eigenvalue weighted by Crippen LogP contribution is -2.22. The average molecular weight is 238 g/mol. The molecule has 2 atom stereocenters. The van der Waals surface area contributed by atoms with Crippen molar-refractivity contribution in [2.75, 3.05) is 18.0 Å². The SMILES string of the molecule is Clc1cnc(N2CC3CCCCC3C2)nc1. The van der Waals surface area contributed by atoms with E-state index in [1.165, 1.54) is 25.7 Å². The number of anilines is 1. The van der Waals surface area contributed by atoms with Crippen LogP contribution in [0.3, 0.4) is 0 Å². The van der Waals surface area contributed by atoms with Gasteiger partial charge in [0.25, 0.3) is 0 Å². The predicted octanol–water partition coefficient (Wildman–Crippen LogP) is 2.76. The molecule has 1 saturated heterocycles. The van der Waals surface area contributed by atoms with Gasteiger partial charge < -0.3 is 4.90 Å². The predicted molar refractivity (Wildman–Crippen MR) is 64.7 cm³/mol. The van der Waals surface area contributed by atoms with E-state index in [-0.39, 0.29) is 0 Å². The van der Waals surface area contributed by atoms with E-state index in [0.717, 1.165) is 30.9 Å². The molecule has 86 valence electrons. The molecule has 1 aliphatic carbocycles. The van der Waals surface area contributed by atoms with E-state index in [1.54, 1.807) is 12.4 Å². The third-order valence-electron chi connectivity index (χ3n) is 3.87. The van der Waals surface area contributed by atoms with E-state index in [9.17, 15) is 0 Å². The van der Waals surface area contributed by atoms with Crippen LogP contribution in [0.2, 0.25) is 5.02 Å². The molecule has 0 amide bonds. The summed E-state index contributed by atoms with van der Waals surface area (Å²) < 4.78 is 0. The molecule has 2 aliphatic rings. The Bertz CT molecular complexity index is 351. The molecule has 0 N–H and O–H groups in total. The molecule has 1 aliphatic heterocycles. The summed E-state index contributed by atoms with van der Waals surface area (Å²) in [5.41, 5.74) is 0. The van der Waals surface area contributed by atoms with Gasteiger partial charge in [0.05, 0.1) is 17.4 Å². The number of fused-ring (bicyclic) bond motifs is 1. The van der Waals surface area contributed by atoms with Gasteiger partial charge in [0.2, 0.25) is 5.95 Å². The highest BCUT2D eigenvalue weighted by Crippen LogP contribution is 2.37. The van der Waals surface area contributed by atoms with Crippen LogP contribution in [0.4, 0.5) is 5.95 Å². The molecule has 16 heavy (non-hydrogen) atoms. The Morgan fingerprint density at radius 2 is 1.62 bits per heavy atom. The van der Waals surface area contributed by atoms with Gasteiger partial charge in [0.1, 0.15) is 0 Å². The fraction of sp³-hybridized carbons (Fsp3) is 0.667. The van der Waals surface area contributed by atoms with Gasteiger partial charge >= 0.3 is 0 Å². The molecule has 1 aromatic heterocycles. The van der Waals surface area contributed by atoms with Crippen LogP contribution in [0.5, 0.6) is 0 Å². The molecule has 2 unspecified atom stereocenters. The van der Waals surface area contributed by atoms with Crippen LogP contribution in [-0.4, -0.2) is 23.1 Å². The standard InChI is InChI=1S/C12H16ClN3/c13-11-5-14-12(15-6-11)16-7-9-3-1-2-4-10(9)8-16/h5-6,9-10H,1-4,7-8H2. The Hall–Kier alpha value is -0.830. The van der Waals surface area contributed by atoms with E-state index < -0.39 is 0 Å². The van der Waals surface area contributed by atoms with Gasteiger partial charge in [-0.3, -0.25) is 0 Å². The normalized spacial score (nSPS) is 29.2. The van der Waals surface area contributed by atoms with E-state index in [2.05, 4.69) is 14.9 Å². The molecule has 0 bridgehead atoms. The maximum absolute atomic E-state index is 5.80. The molecule has 2 fully saturated rings. The number of hydrogen-bond acceptors (Lipinski definition) is 3. The van der Waals surface area contributed by atoms with Crippen molar-refractivity contribution in [2.45, 2.75) is 25.7 Å². The Morgan fingerprint density at radius 3 is 2.19 bits per heavy atom. The van der Waals surface area contributed by atoms with Crippen molar-refractivity contribution >= 4 is 17.5 Å². The second kappa shape index (κ2) is 4.21. The first-order valence-corrected chi connectivity index (χ1v) is 6.43. The summed E-state index contributed by atoms with van der Waals surface area (Å²) in [5.74, 6) is 2.58. The minimum Gasteiger partial charge on any atom is -0.340 e.